The van der Waals surface area contributed by atoms with Crippen molar-refractivity contribution in [3.63, 3.8) is 0 Å². The van der Waals surface area contributed by atoms with Crippen LogP contribution in [-0.2, 0) is 19.6 Å². The number of carbonyl (C=O) groups is 1. The number of sulfonamides is 1. The molecule has 0 unspecified atom stereocenters. The van der Waals surface area contributed by atoms with E-state index in [0.29, 0.717) is 31.1 Å². The van der Waals surface area contributed by atoms with Crippen LogP contribution >= 0.6 is 11.6 Å². The third-order valence-electron chi connectivity index (χ3n) is 5.27. The molecule has 3 heterocycles. The van der Waals surface area contributed by atoms with Gasteiger partial charge in [-0.2, -0.15) is 4.31 Å². The molecule has 0 aromatic heterocycles. The molecular weight excluding hydrogens is 368 g/mol. The molecule has 1 aromatic rings. The van der Waals surface area contributed by atoms with Crippen molar-refractivity contribution >= 4 is 27.5 Å². The number of ether oxygens (including phenoxy) is 2. The van der Waals surface area contributed by atoms with Gasteiger partial charge in [-0.25, -0.2) is 8.42 Å². The van der Waals surface area contributed by atoms with Crippen molar-refractivity contribution in [2.45, 2.75) is 35.9 Å². The smallest absolute Gasteiger partial charge is 0.247 e. The first-order valence-corrected chi connectivity index (χ1v) is 10.0. The van der Waals surface area contributed by atoms with Gasteiger partial charge in [0, 0.05) is 31.0 Å². The van der Waals surface area contributed by atoms with Crippen LogP contribution in [-0.4, -0.2) is 62.1 Å². The maximum atomic E-state index is 13.3. The molecule has 0 radical (unpaired) electrons. The molecule has 4 rings (SSSR count). The molecule has 0 aliphatic carbocycles. The van der Waals surface area contributed by atoms with Gasteiger partial charge >= 0.3 is 0 Å². The average molecular weight is 387 g/mol. The van der Waals surface area contributed by atoms with E-state index in [0.717, 1.165) is 6.42 Å². The van der Waals surface area contributed by atoms with Gasteiger partial charge in [-0.05, 0) is 24.6 Å². The van der Waals surface area contributed by atoms with E-state index in [4.69, 9.17) is 21.1 Å². The molecular formula is C16H19ClN2O5S. The Hall–Kier alpha value is -1.35. The van der Waals surface area contributed by atoms with Crippen molar-refractivity contribution in [1.29, 1.82) is 0 Å². The van der Waals surface area contributed by atoms with E-state index in [2.05, 4.69) is 0 Å². The molecule has 25 heavy (non-hydrogen) atoms. The van der Waals surface area contributed by atoms with Crippen LogP contribution in [0, 0.1) is 0 Å². The summed E-state index contributed by atoms with van der Waals surface area (Å²) in [7, 11) is -2.46. The fourth-order valence-corrected chi connectivity index (χ4v) is 6.26. The Morgan fingerprint density at radius 2 is 2.16 bits per heavy atom. The van der Waals surface area contributed by atoms with Gasteiger partial charge in [0.25, 0.3) is 0 Å². The lowest BCUT2D eigenvalue weighted by atomic mass is 10.0. The van der Waals surface area contributed by atoms with Crippen LogP contribution in [0.4, 0.5) is 0 Å². The fourth-order valence-electron chi connectivity index (χ4n) is 4.18. The highest BCUT2D eigenvalue weighted by Gasteiger charge is 2.63. The largest absolute Gasteiger partial charge is 0.495 e. The Morgan fingerprint density at radius 3 is 2.92 bits per heavy atom. The summed E-state index contributed by atoms with van der Waals surface area (Å²) >= 11 is 6.00. The third-order valence-corrected chi connectivity index (χ3v) is 7.44. The summed E-state index contributed by atoms with van der Waals surface area (Å²) < 4.78 is 39.1. The maximum absolute atomic E-state index is 13.3. The van der Waals surface area contributed by atoms with E-state index in [1.807, 2.05) is 0 Å². The number of rotatable bonds is 3. The highest BCUT2D eigenvalue weighted by Crippen LogP contribution is 2.47. The van der Waals surface area contributed by atoms with Crippen molar-refractivity contribution in [3.05, 3.63) is 23.2 Å². The molecule has 7 nitrogen and oxygen atoms in total. The molecule has 3 aliphatic heterocycles. The average Bonchev–Trinajstić information content (AvgIpc) is 3.07. The van der Waals surface area contributed by atoms with Gasteiger partial charge in [-0.3, -0.25) is 4.79 Å². The Kier molecular flexibility index (Phi) is 3.99. The number of carbonyl (C=O) groups excluding carboxylic acids is 1. The monoisotopic (exact) mass is 386 g/mol. The standard InChI is InChI=1S/C16H19ClN2O5S/c1-23-12-4-3-11(17)9-13(12)25(21,22)19-7-5-16-14(19)10-15(20)18(16)6-2-8-24-16/h3-4,9,14H,2,5-8,10H2,1H3/t14-,16+/m1/s1. The molecule has 136 valence electrons. The molecule has 1 aromatic carbocycles. The first-order chi connectivity index (χ1) is 11.9. The molecule has 0 saturated carbocycles. The number of nitrogens with zero attached hydrogens (tertiary/aromatic N) is 2. The Morgan fingerprint density at radius 1 is 1.36 bits per heavy atom. The summed E-state index contributed by atoms with van der Waals surface area (Å²) in [6.07, 6.45) is 1.39. The van der Waals surface area contributed by atoms with Crippen LogP contribution in [0.25, 0.3) is 0 Å². The number of methoxy groups -OCH3 is 1. The second kappa shape index (κ2) is 5.84. The van der Waals surface area contributed by atoms with Crippen LogP contribution in [0.2, 0.25) is 5.02 Å². The minimum absolute atomic E-state index is 0.0151. The molecule has 3 fully saturated rings. The summed E-state index contributed by atoms with van der Waals surface area (Å²) in [4.78, 5) is 14.1. The van der Waals surface area contributed by atoms with Gasteiger partial charge in [-0.1, -0.05) is 11.6 Å². The Balaban J connectivity index is 1.76. The second-order valence-electron chi connectivity index (χ2n) is 6.47. The summed E-state index contributed by atoms with van der Waals surface area (Å²) in [5, 5.41) is 0.311. The third kappa shape index (κ3) is 2.38. The van der Waals surface area contributed by atoms with Gasteiger partial charge in [0.15, 0.2) is 5.72 Å². The van der Waals surface area contributed by atoms with Crippen LogP contribution in [0.1, 0.15) is 19.3 Å². The molecule has 0 N–H and O–H groups in total. The van der Waals surface area contributed by atoms with Crippen LogP contribution in [0.3, 0.4) is 0 Å². The Bertz CT molecular complexity index is 830. The Labute approximate surface area is 151 Å². The lowest BCUT2D eigenvalue weighted by Crippen LogP contribution is -2.56. The van der Waals surface area contributed by atoms with Crippen LogP contribution in [0.5, 0.6) is 5.75 Å². The van der Waals surface area contributed by atoms with Gasteiger partial charge in [0.1, 0.15) is 10.6 Å². The zero-order valence-electron chi connectivity index (χ0n) is 13.8. The summed E-state index contributed by atoms with van der Waals surface area (Å²) in [5.41, 5.74) is -0.825. The molecule has 3 aliphatic rings. The van der Waals surface area contributed by atoms with Crippen LogP contribution < -0.4 is 4.74 Å². The molecule has 2 atom stereocenters. The highest BCUT2D eigenvalue weighted by molar-refractivity contribution is 7.89. The van der Waals surface area contributed by atoms with Crippen molar-refractivity contribution in [3.8, 4) is 5.75 Å². The summed E-state index contributed by atoms with van der Waals surface area (Å²) in [5.74, 6) is 0.179. The summed E-state index contributed by atoms with van der Waals surface area (Å²) in [6.45, 7) is 1.45. The SMILES string of the molecule is COc1ccc(Cl)cc1S(=O)(=O)N1CC[C@@]23OCCCN2C(=O)C[C@@H]13. The number of amides is 1. The second-order valence-corrected chi connectivity index (χ2v) is 8.77. The molecule has 9 heteroatoms. The minimum atomic E-state index is -3.87. The summed E-state index contributed by atoms with van der Waals surface area (Å²) in [6, 6.07) is 3.98. The predicted octanol–water partition coefficient (Wildman–Crippen LogP) is 1.46. The quantitative estimate of drug-likeness (QED) is 0.786. The molecule has 1 spiro atoms. The van der Waals surface area contributed by atoms with E-state index in [1.54, 1.807) is 11.0 Å². The van der Waals surface area contributed by atoms with E-state index in [-0.39, 0.29) is 23.0 Å². The van der Waals surface area contributed by atoms with Gasteiger partial charge < -0.3 is 14.4 Å². The highest BCUT2D eigenvalue weighted by atomic mass is 35.5. The number of halogens is 1. The first kappa shape index (κ1) is 17.1. The van der Waals surface area contributed by atoms with Crippen molar-refractivity contribution in [2.75, 3.05) is 26.8 Å². The number of benzene rings is 1. The predicted molar refractivity (Wildman–Crippen MR) is 89.9 cm³/mol. The van der Waals surface area contributed by atoms with E-state index in [9.17, 15) is 13.2 Å². The lowest BCUT2D eigenvalue weighted by Gasteiger charge is -2.42. The molecule has 3 saturated heterocycles. The van der Waals surface area contributed by atoms with Crippen LogP contribution in [0.15, 0.2) is 23.1 Å². The van der Waals surface area contributed by atoms with E-state index in [1.165, 1.54) is 23.5 Å². The molecule has 0 bridgehead atoms. The van der Waals surface area contributed by atoms with Gasteiger partial charge in [-0.15, -0.1) is 0 Å². The topological polar surface area (TPSA) is 76.2 Å². The van der Waals surface area contributed by atoms with Gasteiger partial charge in [0.2, 0.25) is 15.9 Å². The zero-order chi connectivity index (χ0) is 17.8. The number of hydrogen-bond acceptors (Lipinski definition) is 5. The van der Waals surface area contributed by atoms with Crippen molar-refractivity contribution in [1.82, 2.24) is 9.21 Å². The first-order valence-electron chi connectivity index (χ1n) is 8.20. The van der Waals surface area contributed by atoms with Crippen molar-refractivity contribution < 1.29 is 22.7 Å². The van der Waals surface area contributed by atoms with Crippen molar-refractivity contribution in [2.24, 2.45) is 0 Å². The maximum Gasteiger partial charge on any atom is 0.247 e. The number of hydrogen-bond donors (Lipinski definition) is 0. The lowest BCUT2D eigenvalue weighted by molar-refractivity contribution is -0.178. The normalized spacial score (nSPS) is 29.6. The van der Waals surface area contributed by atoms with E-state index >= 15 is 0 Å². The minimum Gasteiger partial charge on any atom is -0.495 e. The van der Waals surface area contributed by atoms with Gasteiger partial charge in [0.05, 0.1) is 19.8 Å². The molecule has 1 amide bonds. The van der Waals surface area contributed by atoms with E-state index < -0.39 is 21.8 Å². The fraction of sp³-hybridized carbons (Fsp3) is 0.562. The zero-order valence-corrected chi connectivity index (χ0v) is 15.3.